The van der Waals surface area contributed by atoms with Gasteiger partial charge in [-0.1, -0.05) is 15.9 Å². The Bertz CT molecular complexity index is 594. The van der Waals surface area contributed by atoms with Gasteiger partial charge >= 0.3 is 0 Å². The molecule has 0 atom stereocenters. The van der Waals surface area contributed by atoms with Crippen molar-refractivity contribution in [3.05, 3.63) is 38.7 Å². The van der Waals surface area contributed by atoms with Gasteiger partial charge in [0.25, 0.3) is 0 Å². The third kappa shape index (κ3) is 3.26. The molecular weight excluding hydrogens is 318 g/mol. The van der Waals surface area contributed by atoms with Gasteiger partial charge in [0.05, 0.1) is 12.3 Å². The summed E-state index contributed by atoms with van der Waals surface area (Å²) < 4.78 is 7.80. The molecule has 2 heterocycles. The standard InChI is InChI=1S/C11H12BrN3O2S/c1-17-7-15-2-3-18-11(15)14-10-5-8(12)4-9(6-16)13-10/h2-5,16H,6-7H2,1H3/b14-11-. The zero-order chi connectivity index (χ0) is 13.0. The van der Waals surface area contributed by atoms with Crippen LogP contribution in [0.2, 0.25) is 0 Å². The first kappa shape index (κ1) is 13.4. The fourth-order valence-electron chi connectivity index (χ4n) is 1.40. The summed E-state index contributed by atoms with van der Waals surface area (Å²) in [6, 6.07) is 3.56. The molecule has 0 aromatic carbocycles. The maximum atomic E-state index is 9.10. The van der Waals surface area contributed by atoms with Crippen molar-refractivity contribution in [2.75, 3.05) is 7.11 Å². The molecule has 0 saturated carbocycles. The molecule has 5 nitrogen and oxygen atoms in total. The molecule has 0 spiro atoms. The van der Waals surface area contributed by atoms with Crippen LogP contribution in [0.25, 0.3) is 0 Å². The number of hydrogen-bond donors (Lipinski definition) is 1. The van der Waals surface area contributed by atoms with Gasteiger partial charge in [0.1, 0.15) is 6.73 Å². The van der Waals surface area contributed by atoms with Crippen LogP contribution in [-0.2, 0) is 18.1 Å². The average Bonchev–Trinajstić information content (AvgIpc) is 2.76. The van der Waals surface area contributed by atoms with E-state index in [1.54, 1.807) is 19.2 Å². The predicted molar refractivity (Wildman–Crippen MR) is 72.4 cm³/mol. The van der Waals surface area contributed by atoms with Gasteiger partial charge < -0.3 is 9.84 Å². The lowest BCUT2D eigenvalue weighted by molar-refractivity contribution is 0.129. The summed E-state index contributed by atoms with van der Waals surface area (Å²) in [4.78, 5) is 9.47. The summed E-state index contributed by atoms with van der Waals surface area (Å²) in [7, 11) is 1.63. The van der Waals surface area contributed by atoms with Crippen LogP contribution in [0.1, 0.15) is 5.69 Å². The van der Waals surface area contributed by atoms with Crippen molar-refractivity contribution in [3.63, 3.8) is 0 Å². The molecule has 2 aromatic rings. The fraction of sp³-hybridized carbons (Fsp3) is 0.273. The van der Waals surface area contributed by atoms with Crippen LogP contribution in [0.4, 0.5) is 5.82 Å². The molecule has 0 saturated heterocycles. The van der Waals surface area contributed by atoms with E-state index < -0.39 is 0 Å². The number of halogens is 1. The summed E-state index contributed by atoms with van der Waals surface area (Å²) in [5.74, 6) is 0.556. The second-order valence-corrected chi connectivity index (χ2v) is 5.27. The van der Waals surface area contributed by atoms with E-state index in [-0.39, 0.29) is 6.61 Å². The van der Waals surface area contributed by atoms with E-state index in [0.29, 0.717) is 18.2 Å². The normalized spacial score (nSPS) is 12.1. The predicted octanol–water partition coefficient (Wildman–Crippen LogP) is 2.04. The van der Waals surface area contributed by atoms with E-state index in [2.05, 4.69) is 25.9 Å². The van der Waals surface area contributed by atoms with E-state index in [0.717, 1.165) is 9.27 Å². The Hall–Kier alpha value is -1.02. The SMILES string of the molecule is COCn1ccs/c1=N\c1cc(Br)cc(CO)n1. The molecule has 0 aliphatic heterocycles. The Balaban J connectivity index is 2.42. The molecule has 0 amide bonds. The zero-order valence-corrected chi connectivity index (χ0v) is 12.1. The minimum Gasteiger partial charge on any atom is -0.390 e. The average molecular weight is 330 g/mol. The van der Waals surface area contributed by atoms with Crippen LogP contribution in [0.5, 0.6) is 0 Å². The highest BCUT2D eigenvalue weighted by atomic mass is 79.9. The Morgan fingerprint density at radius 2 is 2.39 bits per heavy atom. The van der Waals surface area contributed by atoms with Crippen molar-refractivity contribution in [1.29, 1.82) is 0 Å². The van der Waals surface area contributed by atoms with Gasteiger partial charge in [-0.25, -0.2) is 9.98 Å². The number of hydrogen-bond acceptors (Lipinski definition) is 5. The van der Waals surface area contributed by atoms with E-state index in [1.165, 1.54) is 11.3 Å². The number of aromatic nitrogens is 2. The zero-order valence-electron chi connectivity index (χ0n) is 9.71. The van der Waals surface area contributed by atoms with Crippen LogP contribution >= 0.6 is 27.3 Å². The third-order valence-electron chi connectivity index (χ3n) is 2.13. The van der Waals surface area contributed by atoms with Gasteiger partial charge in [-0.05, 0) is 12.1 Å². The molecule has 0 aliphatic rings. The van der Waals surface area contributed by atoms with E-state index in [9.17, 15) is 0 Å². The number of aliphatic hydroxyl groups excluding tert-OH is 1. The fourth-order valence-corrected chi connectivity index (χ4v) is 2.59. The van der Waals surface area contributed by atoms with Crippen LogP contribution in [0.3, 0.4) is 0 Å². The lowest BCUT2D eigenvalue weighted by atomic mass is 10.3. The second kappa shape index (κ2) is 6.24. The van der Waals surface area contributed by atoms with Crippen molar-refractivity contribution in [3.8, 4) is 0 Å². The molecule has 96 valence electrons. The van der Waals surface area contributed by atoms with Gasteiger partial charge in [-0.2, -0.15) is 0 Å². The van der Waals surface area contributed by atoms with Crippen LogP contribution in [-0.4, -0.2) is 21.8 Å². The molecule has 2 rings (SSSR count). The lowest BCUT2D eigenvalue weighted by Crippen LogP contribution is -2.14. The number of rotatable bonds is 4. The van der Waals surface area contributed by atoms with E-state index in [1.807, 2.05) is 16.1 Å². The topological polar surface area (TPSA) is 59.6 Å². The summed E-state index contributed by atoms with van der Waals surface area (Å²) in [6.45, 7) is 0.341. The maximum Gasteiger partial charge on any atom is 0.193 e. The third-order valence-corrected chi connectivity index (χ3v) is 3.38. The van der Waals surface area contributed by atoms with Crippen LogP contribution < -0.4 is 4.80 Å². The molecular formula is C11H12BrN3O2S. The van der Waals surface area contributed by atoms with E-state index in [4.69, 9.17) is 9.84 Å². The molecule has 0 aliphatic carbocycles. The number of thiazole rings is 1. The molecule has 7 heteroatoms. The Labute approximate surface area is 117 Å². The first-order valence-corrected chi connectivity index (χ1v) is 6.85. The quantitative estimate of drug-likeness (QED) is 0.933. The minimum atomic E-state index is -0.107. The highest BCUT2D eigenvalue weighted by Crippen LogP contribution is 2.18. The smallest absolute Gasteiger partial charge is 0.193 e. The summed E-state index contributed by atoms with van der Waals surface area (Å²) in [5.41, 5.74) is 0.581. The van der Waals surface area contributed by atoms with Crippen molar-refractivity contribution in [2.45, 2.75) is 13.3 Å². The minimum absolute atomic E-state index is 0.107. The maximum absolute atomic E-state index is 9.10. The number of methoxy groups -OCH3 is 1. The number of aliphatic hydroxyl groups is 1. The van der Waals surface area contributed by atoms with Gasteiger partial charge in [0, 0.05) is 23.2 Å². The largest absolute Gasteiger partial charge is 0.390 e. The van der Waals surface area contributed by atoms with Gasteiger partial charge in [-0.3, -0.25) is 4.57 Å². The highest BCUT2D eigenvalue weighted by molar-refractivity contribution is 9.10. The lowest BCUT2D eigenvalue weighted by Gasteiger charge is -2.01. The van der Waals surface area contributed by atoms with Gasteiger partial charge in [0.15, 0.2) is 10.6 Å². The van der Waals surface area contributed by atoms with Crippen molar-refractivity contribution in [2.24, 2.45) is 4.99 Å². The number of nitrogens with zero attached hydrogens (tertiary/aromatic N) is 3. The van der Waals surface area contributed by atoms with Crippen molar-refractivity contribution < 1.29 is 9.84 Å². The molecule has 0 fully saturated rings. The van der Waals surface area contributed by atoms with Crippen molar-refractivity contribution >= 4 is 33.1 Å². The Morgan fingerprint density at radius 1 is 1.56 bits per heavy atom. The van der Waals surface area contributed by atoms with Crippen LogP contribution in [0, 0.1) is 0 Å². The molecule has 18 heavy (non-hydrogen) atoms. The number of pyridine rings is 1. The number of ether oxygens (including phenoxy) is 1. The molecule has 2 aromatic heterocycles. The monoisotopic (exact) mass is 329 g/mol. The van der Waals surface area contributed by atoms with Gasteiger partial charge in [-0.15, -0.1) is 11.3 Å². The summed E-state index contributed by atoms with van der Waals surface area (Å²) in [6.07, 6.45) is 1.90. The molecule has 0 unspecified atom stereocenters. The molecule has 1 N–H and O–H groups in total. The Morgan fingerprint density at radius 3 is 3.11 bits per heavy atom. The second-order valence-electron chi connectivity index (χ2n) is 3.48. The highest BCUT2D eigenvalue weighted by Gasteiger charge is 2.01. The van der Waals surface area contributed by atoms with Crippen LogP contribution in [0.15, 0.2) is 33.2 Å². The van der Waals surface area contributed by atoms with Gasteiger partial charge in [0.2, 0.25) is 0 Å². The summed E-state index contributed by atoms with van der Waals surface area (Å²) >= 11 is 4.87. The summed E-state index contributed by atoms with van der Waals surface area (Å²) in [5, 5.41) is 11.0. The Kier molecular flexibility index (Phi) is 4.65. The molecule has 0 radical (unpaired) electrons. The first-order valence-electron chi connectivity index (χ1n) is 5.18. The van der Waals surface area contributed by atoms with E-state index >= 15 is 0 Å². The molecule has 0 bridgehead atoms. The first-order chi connectivity index (χ1) is 8.72. The van der Waals surface area contributed by atoms with Crippen molar-refractivity contribution in [1.82, 2.24) is 9.55 Å².